The summed E-state index contributed by atoms with van der Waals surface area (Å²) in [5, 5.41) is 3.68. The van der Waals surface area contributed by atoms with Crippen molar-refractivity contribution in [3.05, 3.63) is 35.9 Å². The van der Waals surface area contributed by atoms with E-state index in [2.05, 4.69) is 49.5 Å². The average Bonchev–Trinajstić information content (AvgIpc) is 2.50. The van der Waals surface area contributed by atoms with Gasteiger partial charge in [0.1, 0.15) is 0 Å². The third-order valence-electron chi connectivity index (χ3n) is 4.76. The molecule has 112 valence electrons. The number of rotatable bonds is 6. The second-order valence-electron chi connectivity index (χ2n) is 6.13. The molecule has 1 aromatic carbocycles. The van der Waals surface area contributed by atoms with Crippen LogP contribution in [0.15, 0.2) is 30.3 Å². The van der Waals surface area contributed by atoms with Gasteiger partial charge in [0.2, 0.25) is 0 Å². The van der Waals surface area contributed by atoms with Crippen LogP contribution in [0.2, 0.25) is 0 Å². The second-order valence-corrected chi connectivity index (χ2v) is 6.13. The summed E-state index contributed by atoms with van der Waals surface area (Å²) in [6.45, 7) is 5.47. The average molecular weight is 275 g/mol. The zero-order chi connectivity index (χ0) is 14.4. The maximum atomic E-state index is 5.49. The topological polar surface area (TPSA) is 21.3 Å². The van der Waals surface area contributed by atoms with E-state index in [1.807, 2.05) is 7.11 Å². The summed E-state index contributed by atoms with van der Waals surface area (Å²) in [6.07, 6.45) is 5.40. The summed E-state index contributed by atoms with van der Waals surface area (Å²) < 4.78 is 5.49. The lowest BCUT2D eigenvalue weighted by Gasteiger charge is -2.38. The molecule has 4 atom stereocenters. The largest absolute Gasteiger partial charge is 0.382 e. The van der Waals surface area contributed by atoms with Crippen molar-refractivity contribution in [3.63, 3.8) is 0 Å². The van der Waals surface area contributed by atoms with Crippen molar-refractivity contribution < 1.29 is 4.74 Å². The lowest BCUT2D eigenvalue weighted by Crippen LogP contribution is -2.41. The third-order valence-corrected chi connectivity index (χ3v) is 4.76. The summed E-state index contributed by atoms with van der Waals surface area (Å²) in [4.78, 5) is 0. The number of nitrogens with one attached hydrogen (secondary N) is 1. The van der Waals surface area contributed by atoms with E-state index in [1.165, 1.54) is 24.8 Å². The highest BCUT2D eigenvalue weighted by Crippen LogP contribution is 2.38. The number of ether oxygens (including phenoxy) is 1. The fourth-order valence-electron chi connectivity index (χ4n) is 3.61. The van der Waals surface area contributed by atoms with Gasteiger partial charge in [-0.25, -0.2) is 0 Å². The first-order valence-corrected chi connectivity index (χ1v) is 8.05. The summed E-state index contributed by atoms with van der Waals surface area (Å²) in [5.74, 6) is 1.45. The first kappa shape index (κ1) is 15.5. The van der Waals surface area contributed by atoms with Gasteiger partial charge in [-0.3, -0.25) is 0 Å². The Bertz CT molecular complexity index is 378. The minimum absolute atomic E-state index is 0.357. The standard InChI is InChI=1S/C18H29NO/c1-4-19-18-11-10-16(15-8-6-5-7-9-15)13-17(18)12-14(2)20-3/h5-9,14,16-19H,4,10-13H2,1-3H3. The van der Waals surface area contributed by atoms with Crippen molar-refractivity contribution >= 4 is 0 Å². The van der Waals surface area contributed by atoms with Crippen molar-refractivity contribution in [1.82, 2.24) is 5.32 Å². The van der Waals surface area contributed by atoms with E-state index in [4.69, 9.17) is 4.74 Å². The van der Waals surface area contributed by atoms with Gasteiger partial charge in [0.05, 0.1) is 6.10 Å². The molecule has 0 heterocycles. The Morgan fingerprint density at radius 2 is 2.00 bits per heavy atom. The lowest BCUT2D eigenvalue weighted by molar-refractivity contribution is 0.0763. The highest BCUT2D eigenvalue weighted by molar-refractivity contribution is 5.20. The van der Waals surface area contributed by atoms with Crippen LogP contribution < -0.4 is 5.32 Å². The van der Waals surface area contributed by atoms with Gasteiger partial charge in [0.15, 0.2) is 0 Å². The van der Waals surface area contributed by atoms with Crippen molar-refractivity contribution in [3.8, 4) is 0 Å². The third kappa shape index (κ3) is 4.07. The van der Waals surface area contributed by atoms with Gasteiger partial charge in [-0.15, -0.1) is 0 Å². The predicted molar refractivity (Wildman–Crippen MR) is 85.1 cm³/mol. The molecule has 2 rings (SSSR count). The van der Waals surface area contributed by atoms with Crippen LogP contribution >= 0.6 is 0 Å². The van der Waals surface area contributed by atoms with Crippen LogP contribution in [0.4, 0.5) is 0 Å². The first-order chi connectivity index (χ1) is 9.74. The molecule has 0 bridgehead atoms. The molecule has 1 fully saturated rings. The molecule has 4 unspecified atom stereocenters. The molecule has 0 amide bonds. The van der Waals surface area contributed by atoms with Gasteiger partial charge < -0.3 is 10.1 Å². The molecule has 1 aliphatic rings. The minimum atomic E-state index is 0.357. The Hall–Kier alpha value is -0.860. The normalized spacial score (nSPS) is 28.2. The molecule has 1 aliphatic carbocycles. The van der Waals surface area contributed by atoms with Crippen LogP contribution in [0, 0.1) is 5.92 Å². The Kier molecular flexibility index (Phi) is 6.06. The van der Waals surface area contributed by atoms with Crippen LogP contribution in [0.1, 0.15) is 51.0 Å². The molecule has 0 aliphatic heterocycles. The molecule has 1 aromatic rings. The molecule has 1 saturated carbocycles. The zero-order valence-corrected chi connectivity index (χ0v) is 13.1. The summed E-state index contributed by atoms with van der Waals surface area (Å²) in [6, 6.07) is 11.7. The Morgan fingerprint density at radius 3 is 2.65 bits per heavy atom. The molecule has 1 N–H and O–H groups in total. The van der Waals surface area contributed by atoms with Gasteiger partial charge in [-0.2, -0.15) is 0 Å². The maximum Gasteiger partial charge on any atom is 0.0546 e. The molecule has 0 aromatic heterocycles. The zero-order valence-electron chi connectivity index (χ0n) is 13.1. The van der Waals surface area contributed by atoms with Crippen molar-refractivity contribution in [2.24, 2.45) is 5.92 Å². The van der Waals surface area contributed by atoms with Gasteiger partial charge in [0, 0.05) is 13.2 Å². The maximum absolute atomic E-state index is 5.49. The quantitative estimate of drug-likeness (QED) is 0.848. The smallest absolute Gasteiger partial charge is 0.0546 e. The molecule has 0 saturated heterocycles. The van der Waals surface area contributed by atoms with E-state index in [0.717, 1.165) is 24.8 Å². The SMILES string of the molecule is CCNC1CCC(c2ccccc2)CC1CC(C)OC. The molecule has 0 spiro atoms. The number of benzene rings is 1. The van der Waals surface area contributed by atoms with Crippen LogP contribution in [0.3, 0.4) is 0 Å². The monoisotopic (exact) mass is 275 g/mol. The van der Waals surface area contributed by atoms with E-state index in [9.17, 15) is 0 Å². The van der Waals surface area contributed by atoms with E-state index in [0.29, 0.717) is 12.1 Å². The van der Waals surface area contributed by atoms with Crippen molar-refractivity contribution in [2.75, 3.05) is 13.7 Å². The molecule has 0 radical (unpaired) electrons. The van der Waals surface area contributed by atoms with Crippen LogP contribution in [0.5, 0.6) is 0 Å². The van der Waals surface area contributed by atoms with E-state index >= 15 is 0 Å². The summed E-state index contributed by atoms with van der Waals surface area (Å²) in [7, 11) is 1.82. The minimum Gasteiger partial charge on any atom is -0.382 e. The Labute approximate surface area is 123 Å². The Morgan fingerprint density at radius 1 is 1.25 bits per heavy atom. The van der Waals surface area contributed by atoms with Crippen LogP contribution in [-0.2, 0) is 4.74 Å². The fraction of sp³-hybridized carbons (Fsp3) is 0.667. The molecule has 2 nitrogen and oxygen atoms in total. The van der Waals surface area contributed by atoms with Gasteiger partial charge in [0.25, 0.3) is 0 Å². The summed E-state index contributed by atoms with van der Waals surface area (Å²) in [5.41, 5.74) is 1.51. The second kappa shape index (κ2) is 7.80. The van der Waals surface area contributed by atoms with Crippen LogP contribution in [-0.4, -0.2) is 25.8 Å². The first-order valence-electron chi connectivity index (χ1n) is 8.05. The predicted octanol–water partition coefficient (Wildman–Crippen LogP) is 3.97. The molecule has 20 heavy (non-hydrogen) atoms. The number of methoxy groups -OCH3 is 1. The van der Waals surface area contributed by atoms with E-state index in [1.54, 1.807) is 0 Å². The fourth-order valence-corrected chi connectivity index (χ4v) is 3.61. The van der Waals surface area contributed by atoms with Gasteiger partial charge >= 0.3 is 0 Å². The highest BCUT2D eigenvalue weighted by atomic mass is 16.5. The van der Waals surface area contributed by atoms with Crippen molar-refractivity contribution in [2.45, 2.75) is 57.6 Å². The molecular formula is C18H29NO. The lowest BCUT2D eigenvalue weighted by atomic mass is 9.73. The van der Waals surface area contributed by atoms with Crippen molar-refractivity contribution in [1.29, 1.82) is 0 Å². The number of hydrogen-bond donors (Lipinski definition) is 1. The van der Waals surface area contributed by atoms with Gasteiger partial charge in [-0.05, 0) is 56.6 Å². The summed E-state index contributed by atoms with van der Waals surface area (Å²) >= 11 is 0. The van der Waals surface area contributed by atoms with E-state index < -0.39 is 0 Å². The molecule has 2 heteroatoms. The highest BCUT2D eigenvalue weighted by Gasteiger charge is 2.31. The Balaban J connectivity index is 2.03. The van der Waals surface area contributed by atoms with Crippen LogP contribution in [0.25, 0.3) is 0 Å². The van der Waals surface area contributed by atoms with Gasteiger partial charge in [-0.1, -0.05) is 37.3 Å². The molecular weight excluding hydrogens is 246 g/mol. The number of hydrogen-bond acceptors (Lipinski definition) is 2. The van der Waals surface area contributed by atoms with E-state index in [-0.39, 0.29) is 0 Å².